The number of aliphatic hydroxyl groups is 5. The summed E-state index contributed by atoms with van der Waals surface area (Å²) in [6, 6.07) is 5.41. The second-order valence-corrected chi connectivity index (χ2v) is 15.7. The Morgan fingerprint density at radius 3 is 2.80 bits per heavy atom. The third-order valence-electron chi connectivity index (χ3n) is 12.7. The van der Waals surface area contributed by atoms with Crippen molar-refractivity contribution in [3.63, 3.8) is 0 Å². The Kier molecular flexibility index (Phi) is 10.2. The first-order valence-corrected chi connectivity index (χ1v) is 19.0. The minimum Gasteiger partial charge on any atom is -0.504 e. The van der Waals surface area contributed by atoms with E-state index in [9.17, 15) is 20.4 Å². The Morgan fingerprint density at radius 2 is 2.02 bits per heavy atom. The van der Waals surface area contributed by atoms with Gasteiger partial charge < -0.3 is 35.2 Å². The van der Waals surface area contributed by atoms with Gasteiger partial charge in [0.05, 0.1) is 18.1 Å². The summed E-state index contributed by atoms with van der Waals surface area (Å²) >= 11 is 0. The fourth-order valence-electron chi connectivity index (χ4n) is 10.5. The lowest BCUT2D eigenvalue weighted by Crippen LogP contribution is -2.48. The molecule has 2 aliphatic heterocycles. The minimum absolute atomic E-state index is 0.00825. The van der Waals surface area contributed by atoms with Gasteiger partial charge in [0.2, 0.25) is 5.70 Å². The second-order valence-electron chi connectivity index (χ2n) is 15.7. The number of rotatable bonds is 15. The summed E-state index contributed by atoms with van der Waals surface area (Å²) in [6.45, 7) is 5.36. The molecule has 1 aromatic carbocycles. The first kappa shape index (κ1) is 34.7. The molecule has 7 unspecified atom stereocenters. The standard InChI is InChI=1S/C41H56N2O6/c1-3-4-8-36-28(24-44)20-29(49-36)12-10-27-11-13-34(46)37(19-27)48-25-35(47)33-21-30-32(23-42-22-26(2)45)41-17-7-9-38(41)40(15-5-6-16-40)31(14-18-41)39(30)43-33/h11,13-14,18-21,26,31-32,35-36,38,42,44-45,47,49H,3-10,12,15-17,22-25H2,1-2H3/p+1. The summed E-state index contributed by atoms with van der Waals surface area (Å²) in [5, 5.41) is 45.6. The molecular formula is C41H57N2O6+. The van der Waals surface area contributed by atoms with Gasteiger partial charge in [-0.3, -0.25) is 0 Å². The van der Waals surface area contributed by atoms with E-state index in [4.69, 9.17) is 14.5 Å². The van der Waals surface area contributed by atoms with Crippen LogP contribution in [0.2, 0.25) is 0 Å². The smallest absolute Gasteiger partial charge is 0.208 e. The zero-order valence-electron chi connectivity index (χ0n) is 29.4. The van der Waals surface area contributed by atoms with Crippen molar-refractivity contribution < 1.29 is 29.9 Å². The van der Waals surface area contributed by atoms with Gasteiger partial charge in [0, 0.05) is 37.5 Å². The molecule has 8 nitrogen and oxygen atoms in total. The molecule has 7 atom stereocenters. The maximum atomic E-state index is 11.5. The molecule has 3 fully saturated rings. The molecule has 5 aliphatic carbocycles. The van der Waals surface area contributed by atoms with E-state index in [2.05, 4.69) is 30.5 Å². The molecule has 0 aromatic heterocycles. The van der Waals surface area contributed by atoms with E-state index in [1.165, 1.54) is 50.9 Å². The third-order valence-corrected chi connectivity index (χ3v) is 12.7. The number of phenols is 1. The van der Waals surface area contributed by atoms with Crippen molar-refractivity contribution in [1.82, 2.24) is 5.32 Å². The number of hydrogen-bond acceptors (Lipinski definition) is 7. The highest BCUT2D eigenvalue weighted by molar-refractivity contribution is 6.06. The fourth-order valence-corrected chi connectivity index (χ4v) is 10.5. The molecule has 8 rings (SSSR count). The van der Waals surface area contributed by atoms with Gasteiger partial charge in [0.25, 0.3) is 0 Å². The zero-order chi connectivity index (χ0) is 34.2. The number of nitrogens with one attached hydrogen (secondary N) is 1. The Bertz CT molecular complexity index is 1460. The number of aryl methyl sites for hydroxylation is 1. The molecule has 49 heavy (non-hydrogen) atoms. The van der Waals surface area contributed by atoms with Gasteiger partial charge in [-0.25, -0.2) is 0 Å². The lowest BCUT2D eigenvalue weighted by Gasteiger charge is -2.50. The number of ether oxygens (including phenoxy) is 2. The summed E-state index contributed by atoms with van der Waals surface area (Å²) in [7, 11) is 0. The van der Waals surface area contributed by atoms with E-state index in [1.54, 1.807) is 6.07 Å². The molecule has 0 amide bonds. The molecule has 8 heteroatoms. The molecule has 0 saturated heterocycles. The van der Waals surface area contributed by atoms with Crippen molar-refractivity contribution in [1.29, 1.82) is 0 Å². The summed E-state index contributed by atoms with van der Waals surface area (Å²) in [6.07, 6.45) is 22.3. The average molecular weight is 674 g/mol. The molecule has 0 radical (unpaired) electrons. The highest BCUT2D eigenvalue weighted by atomic mass is 16.5. The Morgan fingerprint density at radius 1 is 1.18 bits per heavy atom. The van der Waals surface area contributed by atoms with Gasteiger partial charge in [-0.05, 0) is 80.9 Å². The third kappa shape index (κ3) is 6.48. The number of benzene rings is 1. The van der Waals surface area contributed by atoms with Gasteiger partial charge in [-0.15, -0.1) is 16.6 Å². The summed E-state index contributed by atoms with van der Waals surface area (Å²) < 4.78 is 11.0. The average Bonchev–Trinajstić information content (AvgIpc) is 3.90. The summed E-state index contributed by atoms with van der Waals surface area (Å²) in [5.41, 5.74) is 4.11. The number of unbranched alkanes of at least 4 members (excludes halogenated alkanes) is 1. The minimum atomic E-state index is -0.935. The van der Waals surface area contributed by atoms with Crippen LogP contribution in [0.15, 0.2) is 58.8 Å². The lowest BCUT2D eigenvalue weighted by molar-refractivity contribution is -0.0550. The summed E-state index contributed by atoms with van der Waals surface area (Å²) in [4.78, 5) is 5.23. The van der Waals surface area contributed by atoms with E-state index >= 15 is 0 Å². The van der Waals surface area contributed by atoms with Crippen LogP contribution in [-0.4, -0.2) is 75.5 Å². The SMILES string of the molecule is CCCCC1[OH+][C-](CCc2ccc(O)c(OCC(O)C3=C[C+]4C(=N3)C3C=CC5(CCCC5C35CCCC5)C4CNCC(C)O)c2)C=C1CO. The number of allylic oxidation sites excluding steroid dienone is 3. The summed E-state index contributed by atoms with van der Waals surface area (Å²) in [5.74, 6) is 2.80. The van der Waals surface area contributed by atoms with E-state index in [-0.39, 0.29) is 47.7 Å². The van der Waals surface area contributed by atoms with Crippen molar-refractivity contribution in [3.8, 4) is 11.5 Å². The van der Waals surface area contributed by atoms with E-state index in [1.807, 2.05) is 25.1 Å². The van der Waals surface area contributed by atoms with Crippen LogP contribution in [0.5, 0.6) is 11.5 Å². The Balaban J connectivity index is 1.05. The Hall–Kier alpha value is -2.75. The predicted octanol–water partition coefficient (Wildman–Crippen LogP) is 5.66. The van der Waals surface area contributed by atoms with Gasteiger partial charge in [-0.1, -0.05) is 50.8 Å². The molecule has 3 saturated carbocycles. The molecule has 1 aromatic rings. The molecule has 2 spiro atoms. The van der Waals surface area contributed by atoms with Crippen LogP contribution in [0.25, 0.3) is 0 Å². The predicted molar refractivity (Wildman–Crippen MR) is 192 cm³/mol. The normalized spacial score (nSPS) is 30.7. The molecule has 7 aliphatic rings. The molecular weight excluding hydrogens is 616 g/mol. The molecule has 6 N–H and O–H groups in total. The first-order chi connectivity index (χ1) is 23.8. The zero-order valence-corrected chi connectivity index (χ0v) is 29.4. The molecule has 266 valence electrons. The number of aromatic hydroxyl groups is 1. The van der Waals surface area contributed by atoms with Crippen LogP contribution in [0.1, 0.15) is 90.0 Å². The topological polar surface area (TPSA) is 127 Å². The van der Waals surface area contributed by atoms with Crippen LogP contribution in [0, 0.1) is 40.6 Å². The van der Waals surface area contributed by atoms with Crippen LogP contribution >= 0.6 is 0 Å². The maximum absolute atomic E-state index is 11.5. The molecule has 2 heterocycles. The quantitative estimate of drug-likeness (QED) is 0.0929. The second kappa shape index (κ2) is 14.5. The van der Waals surface area contributed by atoms with Gasteiger partial charge >= 0.3 is 0 Å². The van der Waals surface area contributed by atoms with Crippen LogP contribution in [-0.2, 0) is 6.42 Å². The van der Waals surface area contributed by atoms with E-state index in [0.717, 1.165) is 61.6 Å². The van der Waals surface area contributed by atoms with Crippen LogP contribution in [0.3, 0.4) is 0 Å². The highest BCUT2D eigenvalue weighted by Crippen LogP contribution is 2.71. The van der Waals surface area contributed by atoms with E-state index in [0.29, 0.717) is 23.9 Å². The van der Waals surface area contributed by atoms with Gasteiger partial charge in [0.1, 0.15) is 24.7 Å². The number of aliphatic imine (C=N–C) groups is 1. The largest absolute Gasteiger partial charge is 0.504 e. The lowest BCUT2D eigenvalue weighted by atomic mass is 9.52. The van der Waals surface area contributed by atoms with Crippen LogP contribution < -0.4 is 10.1 Å². The fraction of sp³-hybridized carbons (Fsp3) is 0.634. The Labute approximate surface area is 292 Å². The van der Waals surface area contributed by atoms with Crippen molar-refractivity contribution in [3.05, 3.63) is 71.4 Å². The number of hydrogen-bond donors (Lipinski definition) is 5. The maximum Gasteiger partial charge on any atom is 0.208 e. The number of nitrogens with zero attached hydrogens (tertiary/aromatic N) is 1. The molecule has 2 bridgehead atoms. The van der Waals surface area contributed by atoms with Crippen molar-refractivity contribution in [2.75, 3.05) is 26.3 Å². The van der Waals surface area contributed by atoms with Crippen LogP contribution in [0.4, 0.5) is 0 Å². The van der Waals surface area contributed by atoms with E-state index < -0.39 is 12.2 Å². The number of phenolic OH excluding ortho intramolecular Hbond substituents is 1. The number of aliphatic hydroxyl groups excluding tert-OH is 3. The van der Waals surface area contributed by atoms with Crippen molar-refractivity contribution >= 4 is 5.71 Å². The monoisotopic (exact) mass is 673 g/mol. The van der Waals surface area contributed by atoms with Gasteiger partial charge in [-0.2, -0.15) is 0 Å². The van der Waals surface area contributed by atoms with Crippen molar-refractivity contribution in [2.45, 2.75) is 109 Å². The van der Waals surface area contributed by atoms with Gasteiger partial charge in [0.15, 0.2) is 23.3 Å². The first-order valence-electron chi connectivity index (χ1n) is 19.0. The highest BCUT2D eigenvalue weighted by Gasteiger charge is 2.69. The van der Waals surface area contributed by atoms with Crippen molar-refractivity contribution in [2.24, 2.45) is 33.6 Å².